The summed E-state index contributed by atoms with van der Waals surface area (Å²) in [4.78, 5) is 2.34. The number of benzene rings is 1. The third-order valence-electron chi connectivity index (χ3n) is 2.82. The highest BCUT2D eigenvalue weighted by molar-refractivity contribution is 6.31. The maximum absolute atomic E-state index is 6.12. The fourth-order valence-electron chi connectivity index (χ4n) is 1.70. The van der Waals surface area contributed by atoms with E-state index in [1.54, 1.807) is 0 Å². The van der Waals surface area contributed by atoms with Crippen molar-refractivity contribution in [2.75, 3.05) is 33.2 Å². The molecule has 1 aromatic carbocycles. The summed E-state index contributed by atoms with van der Waals surface area (Å²) in [5, 5.41) is 4.29. The van der Waals surface area contributed by atoms with Gasteiger partial charge in [0.15, 0.2) is 0 Å². The van der Waals surface area contributed by atoms with E-state index in [1.807, 2.05) is 18.2 Å². The molecule has 1 aromatic rings. The Morgan fingerprint density at radius 2 is 1.94 bits per heavy atom. The molecule has 1 rings (SSSR count). The maximum Gasteiger partial charge on any atom is 0.0438 e. The molecule has 3 heteroatoms. The molecule has 2 nitrogen and oxygen atoms in total. The summed E-state index contributed by atoms with van der Waals surface area (Å²) in [7, 11) is 2.16. The fourth-order valence-corrected chi connectivity index (χ4v) is 1.93. The summed E-state index contributed by atoms with van der Waals surface area (Å²) in [5.74, 6) is 0. The third-order valence-corrected chi connectivity index (χ3v) is 3.19. The second-order valence-electron chi connectivity index (χ2n) is 4.39. The van der Waals surface area contributed by atoms with Gasteiger partial charge in [0, 0.05) is 24.7 Å². The van der Waals surface area contributed by atoms with Gasteiger partial charge in [-0.1, -0.05) is 36.7 Å². The summed E-state index contributed by atoms with van der Waals surface area (Å²) >= 11 is 6.12. The van der Waals surface area contributed by atoms with Crippen LogP contribution in [0.2, 0.25) is 5.02 Å². The lowest BCUT2D eigenvalue weighted by Crippen LogP contribution is -2.31. The van der Waals surface area contributed by atoms with Crippen LogP contribution in [-0.4, -0.2) is 38.1 Å². The molecule has 96 valence electrons. The Morgan fingerprint density at radius 1 is 1.18 bits per heavy atom. The number of rotatable bonds is 8. The highest BCUT2D eigenvalue weighted by Crippen LogP contribution is 2.15. The smallest absolute Gasteiger partial charge is 0.0438 e. The van der Waals surface area contributed by atoms with Gasteiger partial charge in [-0.15, -0.1) is 0 Å². The minimum Gasteiger partial charge on any atom is -0.315 e. The lowest BCUT2D eigenvalue weighted by atomic mass is 10.1. The number of halogens is 1. The molecule has 0 aliphatic rings. The molecule has 0 unspecified atom stereocenters. The number of nitrogens with one attached hydrogen (secondary N) is 1. The van der Waals surface area contributed by atoms with Crippen molar-refractivity contribution in [3.8, 4) is 0 Å². The van der Waals surface area contributed by atoms with Crippen LogP contribution in [0.4, 0.5) is 0 Å². The van der Waals surface area contributed by atoms with Crippen LogP contribution in [0.1, 0.15) is 18.9 Å². The number of hydrogen-bond acceptors (Lipinski definition) is 2. The Bertz CT molecular complexity index is 315. The molecular formula is C14H23ClN2. The van der Waals surface area contributed by atoms with Gasteiger partial charge in [-0.2, -0.15) is 0 Å². The quantitative estimate of drug-likeness (QED) is 0.718. The molecule has 0 bridgehead atoms. The predicted octanol–water partition coefficient (Wildman–Crippen LogP) is 2.81. The van der Waals surface area contributed by atoms with Crippen LogP contribution >= 0.6 is 11.6 Å². The molecular weight excluding hydrogens is 232 g/mol. The molecule has 0 aromatic heterocycles. The van der Waals surface area contributed by atoms with Gasteiger partial charge >= 0.3 is 0 Å². The van der Waals surface area contributed by atoms with Crippen molar-refractivity contribution >= 4 is 11.6 Å². The first-order chi connectivity index (χ1) is 8.24. The molecule has 0 aliphatic carbocycles. The van der Waals surface area contributed by atoms with Crippen molar-refractivity contribution in [3.63, 3.8) is 0 Å². The first-order valence-electron chi connectivity index (χ1n) is 6.36. The Hall–Kier alpha value is -0.570. The number of nitrogens with zero attached hydrogens (tertiary/aromatic N) is 1. The van der Waals surface area contributed by atoms with Gasteiger partial charge in [-0.25, -0.2) is 0 Å². The normalized spacial score (nSPS) is 11.1. The Labute approximate surface area is 110 Å². The predicted molar refractivity (Wildman–Crippen MR) is 75.8 cm³/mol. The topological polar surface area (TPSA) is 15.3 Å². The van der Waals surface area contributed by atoms with Gasteiger partial charge in [-0.05, 0) is 38.1 Å². The summed E-state index contributed by atoms with van der Waals surface area (Å²) in [5.41, 5.74) is 1.24. The molecule has 0 atom stereocenters. The second kappa shape index (κ2) is 8.51. The number of likely N-dealkylation sites (N-methyl/N-ethyl adjacent to an activating group) is 1. The first kappa shape index (κ1) is 14.5. The van der Waals surface area contributed by atoms with Gasteiger partial charge in [0.25, 0.3) is 0 Å². The van der Waals surface area contributed by atoms with Crippen molar-refractivity contribution in [3.05, 3.63) is 34.9 Å². The molecule has 0 saturated heterocycles. The van der Waals surface area contributed by atoms with Crippen LogP contribution in [0.5, 0.6) is 0 Å². The first-order valence-corrected chi connectivity index (χ1v) is 6.74. The molecule has 0 fully saturated rings. The fraction of sp³-hybridized carbons (Fsp3) is 0.571. The van der Waals surface area contributed by atoms with Crippen LogP contribution in [-0.2, 0) is 6.42 Å². The lowest BCUT2D eigenvalue weighted by Gasteiger charge is -2.17. The van der Waals surface area contributed by atoms with Crippen molar-refractivity contribution in [2.45, 2.75) is 19.8 Å². The van der Waals surface area contributed by atoms with Crippen LogP contribution in [0.25, 0.3) is 0 Å². The van der Waals surface area contributed by atoms with Crippen LogP contribution in [0, 0.1) is 0 Å². The standard InChI is InChI=1S/C14H23ClN2/c1-3-9-16-10-12-17(2)11-8-13-6-4-5-7-14(13)15/h4-7,16H,3,8-12H2,1-2H3. The molecule has 0 aliphatic heterocycles. The molecule has 1 N–H and O–H groups in total. The maximum atomic E-state index is 6.12. The van der Waals surface area contributed by atoms with Crippen molar-refractivity contribution in [1.82, 2.24) is 10.2 Å². The van der Waals surface area contributed by atoms with Gasteiger partial charge in [0.1, 0.15) is 0 Å². The van der Waals surface area contributed by atoms with Gasteiger partial charge in [0.05, 0.1) is 0 Å². The van der Waals surface area contributed by atoms with E-state index < -0.39 is 0 Å². The monoisotopic (exact) mass is 254 g/mol. The van der Waals surface area contributed by atoms with Crippen molar-refractivity contribution in [1.29, 1.82) is 0 Å². The van der Waals surface area contributed by atoms with Crippen molar-refractivity contribution in [2.24, 2.45) is 0 Å². The number of hydrogen-bond donors (Lipinski definition) is 1. The van der Waals surface area contributed by atoms with Gasteiger partial charge < -0.3 is 10.2 Å². The largest absolute Gasteiger partial charge is 0.315 e. The molecule has 0 saturated carbocycles. The van der Waals surface area contributed by atoms with E-state index in [9.17, 15) is 0 Å². The zero-order chi connectivity index (χ0) is 12.5. The lowest BCUT2D eigenvalue weighted by molar-refractivity contribution is 0.336. The average Bonchev–Trinajstić information content (AvgIpc) is 2.34. The Morgan fingerprint density at radius 3 is 2.65 bits per heavy atom. The van der Waals surface area contributed by atoms with E-state index in [0.29, 0.717) is 0 Å². The molecule has 0 radical (unpaired) electrons. The van der Waals surface area contributed by atoms with E-state index in [-0.39, 0.29) is 0 Å². The zero-order valence-corrected chi connectivity index (χ0v) is 11.6. The molecule has 0 heterocycles. The van der Waals surface area contributed by atoms with E-state index in [1.165, 1.54) is 12.0 Å². The third kappa shape index (κ3) is 6.06. The Kier molecular flexibility index (Phi) is 7.25. The highest BCUT2D eigenvalue weighted by Gasteiger charge is 2.01. The zero-order valence-electron chi connectivity index (χ0n) is 10.9. The van der Waals surface area contributed by atoms with E-state index in [0.717, 1.165) is 37.6 Å². The summed E-state index contributed by atoms with van der Waals surface area (Å²) in [6, 6.07) is 8.08. The molecule has 17 heavy (non-hydrogen) atoms. The highest BCUT2D eigenvalue weighted by atomic mass is 35.5. The summed E-state index contributed by atoms with van der Waals surface area (Å²) < 4.78 is 0. The minimum atomic E-state index is 0.880. The van der Waals surface area contributed by atoms with Crippen LogP contribution < -0.4 is 5.32 Å². The summed E-state index contributed by atoms with van der Waals surface area (Å²) in [6.07, 6.45) is 2.22. The molecule has 0 amide bonds. The second-order valence-corrected chi connectivity index (χ2v) is 4.80. The van der Waals surface area contributed by atoms with E-state index >= 15 is 0 Å². The van der Waals surface area contributed by atoms with Crippen molar-refractivity contribution < 1.29 is 0 Å². The van der Waals surface area contributed by atoms with E-state index in [2.05, 4.69) is 30.3 Å². The Balaban J connectivity index is 2.19. The van der Waals surface area contributed by atoms with E-state index in [4.69, 9.17) is 11.6 Å². The molecule has 0 spiro atoms. The van der Waals surface area contributed by atoms with Gasteiger partial charge in [0.2, 0.25) is 0 Å². The summed E-state index contributed by atoms with van der Waals surface area (Å²) in [6.45, 7) is 6.50. The average molecular weight is 255 g/mol. The minimum absolute atomic E-state index is 0.880. The van der Waals surface area contributed by atoms with Gasteiger partial charge in [-0.3, -0.25) is 0 Å². The SMILES string of the molecule is CCCNCCN(C)CCc1ccccc1Cl. The van der Waals surface area contributed by atoms with Crippen LogP contribution in [0.15, 0.2) is 24.3 Å². The van der Waals surface area contributed by atoms with Crippen LogP contribution in [0.3, 0.4) is 0 Å².